The van der Waals surface area contributed by atoms with Gasteiger partial charge in [-0.3, -0.25) is 4.79 Å². The number of Topliss-reactive ketones (excluding diaryl/α,β-unsaturated/α-hetero) is 1. The highest BCUT2D eigenvalue weighted by Gasteiger charge is 2.48. The second-order valence-corrected chi connectivity index (χ2v) is 6.84. The summed E-state index contributed by atoms with van der Waals surface area (Å²) in [5.41, 5.74) is 0. The SMILES string of the molecule is CCCCOC[C@H]1[C@@H](C/C=C\CCCC(=O)CO)[C@H]2CC[C@@H]1O2. The van der Waals surface area contributed by atoms with Crippen LogP contribution in [0.15, 0.2) is 12.2 Å². The van der Waals surface area contributed by atoms with E-state index in [0.29, 0.717) is 30.5 Å². The summed E-state index contributed by atoms with van der Waals surface area (Å²) in [7, 11) is 0. The van der Waals surface area contributed by atoms with Crippen molar-refractivity contribution in [2.75, 3.05) is 19.8 Å². The third-order valence-electron chi connectivity index (χ3n) is 5.12. The third kappa shape index (κ3) is 5.70. The van der Waals surface area contributed by atoms with Crippen LogP contribution in [0.2, 0.25) is 0 Å². The van der Waals surface area contributed by atoms with Gasteiger partial charge in [0, 0.05) is 18.9 Å². The van der Waals surface area contributed by atoms with E-state index in [4.69, 9.17) is 14.6 Å². The number of hydrogen-bond donors (Lipinski definition) is 1. The molecular weight excluding hydrogens is 292 g/mol. The Morgan fingerprint density at radius 3 is 2.74 bits per heavy atom. The highest BCUT2D eigenvalue weighted by molar-refractivity contribution is 5.79. The molecule has 2 rings (SSSR count). The first-order valence-corrected chi connectivity index (χ1v) is 9.27. The zero-order valence-corrected chi connectivity index (χ0v) is 14.4. The van der Waals surface area contributed by atoms with Gasteiger partial charge in [-0.1, -0.05) is 25.5 Å². The lowest BCUT2D eigenvalue weighted by molar-refractivity contribution is -0.121. The molecule has 23 heavy (non-hydrogen) atoms. The minimum atomic E-state index is -0.327. The lowest BCUT2D eigenvalue weighted by Crippen LogP contribution is -2.30. The molecule has 1 N–H and O–H groups in total. The summed E-state index contributed by atoms with van der Waals surface area (Å²) in [6.07, 6.45) is 13.2. The molecule has 2 heterocycles. The normalized spacial score (nSPS) is 29.7. The largest absolute Gasteiger partial charge is 0.389 e. The molecule has 2 saturated heterocycles. The second-order valence-electron chi connectivity index (χ2n) is 6.84. The number of rotatable bonds is 12. The fourth-order valence-electron chi connectivity index (χ4n) is 3.76. The number of allylic oxidation sites excluding steroid dienone is 2. The zero-order valence-electron chi connectivity index (χ0n) is 14.4. The van der Waals surface area contributed by atoms with Crippen LogP contribution in [0.3, 0.4) is 0 Å². The van der Waals surface area contributed by atoms with Crippen LogP contribution in [-0.2, 0) is 14.3 Å². The molecule has 4 heteroatoms. The van der Waals surface area contributed by atoms with Crippen molar-refractivity contribution in [3.05, 3.63) is 12.2 Å². The Morgan fingerprint density at radius 2 is 2.00 bits per heavy atom. The van der Waals surface area contributed by atoms with Crippen molar-refractivity contribution in [2.24, 2.45) is 11.8 Å². The topological polar surface area (TPSA) is 55.8 Å². The van der Waals surface area contributed by atoms with E-state index in [2.05, 4.69) is 19.1 Å². The maximum Gasteiger partial charge on any atom is 0.158 e. The molecule has 0 aliphatic carbocycles. The number of ether oxygens (including phenoxy) is 2. The highest BCUT2D eigenvalue weighted by atomic mass is 16.5. The summed E-state index contributed by atoms with van der Waals surface area (Å²) in [6, 6.07) is 0. The molecule has 0 aromatic rings. The van der Waals surface area contributed by atoms with Crippen LogP contribution in [0.4, 0.5) is 0 Å². The summed E-state index contributed by atoms with van der Waals surface area (Å²) in [4.78, 5) is 11.0. The highest BCUT2D eigenvalue weighted by Crippen LogP contribution is 2.45. The number of ketones is 1. The second kappa shape index (κ2) is 10.2. The molecule has 0 radical (unpaired) electrons. The van der Waals surface area contributed by atoms with Crippen molar-refractivity contribution in [3.63, 3.8) is 0 Å². The van der Waals surface area contributed by atoms with Crippen LogP contribution in [0.1, 0.15) is 58.3 Å². The van der Waals surface area contributed by atoms with E-state index in [1.54, 1.807) is 0 Å². The summed E-state index contributed by atoms with van der Waals surface area (Å²) in [5.74, 6) is 1.07. The molecule has 2 aliphatic heterocycles. The van der Waals surface area contributed by atoms with Crippen LogP contribution < -0.4 is 0 Å². The Balaban J connectivity index is 1.68. The Morgan fingerprint density at radius 1 is 1.22 bits per heavy atom. The first-order valence-electron chi connectivity index (χ1n) is 9.27. The molecule has 0 spiro atoms. The van der Waals surface area contributed by atoms with Gasteiger partial charge in [0.1, 0.15) is 6.61 Å². The van der Waals surface area contributed by atoms with Crippen LogP contribution in [0.25, 0.3) is 0 Å². The van der Waals surface area contributed by atoms with Crippen LogP contribution in [-0.4, -0.2) is 42.9 Å². The number of carbonyl (C=O) groups excluding carboxylic acids is 1. The predicted molar refractivity (Wildman–Crippen MR) is 90.3 cm³/mol. The van der Waals surface area contributed by atoms with Crippen molar-refractivity contribution >= 4 is 5.78 Å². The lowest BCUT2D eigenvalue weighted by atomic mass is 9.78. The van der Waals surface area contributed by atoms with Crippen LogP contribution >= 0.6 is 0 Å². The molecule has 2 bridgehead atoms. The van der Waals surface area contributed by atoms with Gasteiger partial charge in [0.2, 0.25) is 0 Å². The van der Waals surface area contributed by atoms with Gasteiger partial charge in [0.15, 0.2) is 5.78 Å². The third-order valence-corrected chi connectivity index (χ3v) is 5.12. The average Bonchev–Trinajstić information content (AvgIpc) is 3.16. The fraction of sp³-hybridized carbons (Fsp3) is 0.842. The molecule has 2 aliphatic rings. The number of hydrogen-bond acceptors (Lipinski definition) is 4. The van der Waals surface area contributed by atoms with E-state index in [9.17, 15) is 4.79 Å². The Hall–Kier alpha value is -0.710. The van der Waals surface area contributed by atoms with Gasteiger partial charge in [-0.2, -0.15) is 0 Å². The first-order chi connectivity index (χ1) is 11.3. The van der Waals surface area contributed by atoms with Gasteiger partial charge >= 0.3 is 0 Å². The molecule has 0 aromatic carbocycles. The van der Waals surface area contributed by atoms with E-state index in [1.165, 1.54) is 19.3 Å². The lowest BCUT2D eigenvalue weighted by Gasteiger charge is -2.27. The molecule has 0 aromatic heterocycles. The van der Waals surface area contributed by atoms with Gasteiger partial charge in [-0.05, 0) is 44.4 Å². The molecule has 4 nitrogen and oxygen atoms in total. The number of unbranched alkanes of at least 4 members (excludes halogenated alkanes) is 2. The fourth-order valence-corrected chi connectivity index (χ4v) is 3.76. The van der Waals surface area contributed by atoms with Crippen LogP contribution in [0, 0.1) is 11.8 Å². The minimum Gasteiger partial charge on any atom is -0.389 e. The zero-order chi connectivity index (χ0) is 16.5. The summed E-state index contributed by atoms with van der Waals surface area (Å²) < 4.78 is 12.0. The van der Waals surface area contributed by atoms with Crippen molar-refractivity contribution in [3.8, 4) is 0 Å². The summed E-state index contributed by atoms with van der Waals surface area (Å²) in [6.45, 7) is 3.56. The van der Waals surface area contributed by atoms with Gasteiger partial charge in [0.25, 0.3) is 0 Å². The molecule has 0 amide bonds. The van der Waals surface area contributed by atoms with Crippen molar-refractivity contribution in [1.29, 1.82) is 0 Å². The van der Waals surface area contributed by atoms with Gasteiger partial charge < -0.3 is 14.6 Å². The van der Waals surface area contributed by atoms with Crippen molar-refractivity contribution in [1.82, 2.24) is 0 Å². The number of aliphatic hydroxyl groups is 1. The van der Waals surface area contributed by atoms with Gasteiger partial charge in [0.05, 0.1) is 18.8 Å². The maximum atomic E-state index is 11.0. The average molecular weight is 324 g/mol. The van der Waals surface area contributed by atoms with Crippen LogP contribution in [0.5, 0.6) is 0 Å². The molecule has 0 saturated carbocycles. The number of aliphatic hydroxyl groups excluding tert-OH is 1. The predicted octanol–water partition coefficient (Wildman–Crippen LogP) is 3.27. The molecule has 4 atom stereocenters. The minimum absolute atomic E-state index is 0.0656. The number of carbonyl (C=O) groups is 1. The van der Waals surface area contributed by atoms with E-state index < -0.39 is 0 Å². The monoisotopic (exact) mass is 324 g/mol. The molecule has 0 unspecified atom stereocenters. The number of fused-ring (bicyclic) bond motifs is 2. The van der Waals surface area contributed by atoms with Gasteiger partial charge in [-0.25, -0.2) is 0 Å². The van der Waals surface area contributed by atoms with Crippen molar-refractivity contribution < 1.29 is 19.4 Å². The molecule has 2 fully saturated rings. The van der Waals surface area contributed by atoms with E-state index >= 15 is 0 Å². The van der Waals surface area contributed by atoms with Gasteiger partial charge in [-0.15, -0.1) is 0 Å². The smallest absolute Gasteiger partial charge is 0.158 e. The van der Waals surface area contributed by atoms with E-state index in [0.717, 1.165) is 38.9 Å². The van der Waals surface area contributed by atoms with Crippen molar-refractivity contribution in [2.45, 2.75) is 70.5 Å². The Labute approximate surface area is 140 Å². The molecule has 132 valence electrons. The summed E-state index contributed by atoms with van der Waals surface area (Å²) in [5, 5.41) is 8.68. The Kier molecular flexibility index (Phi) is 8.27. The maximum absolute atomic E-state index is 11.0. The first kappa shape index (κ1) is 18.6. The van der Waals surface area contributed by atoms with E-state index in [1.807, 2.05) is 0 Å². The summed E-state index contributed by atoms with van der Waals surface area (Å²) >= 11 is 0. The molecular formula is C19H32O4. The standard InChI is InChI=1S/C19H32O4/c1-2-3-12-22-14-17-16(18-10-11-19(17)23-18)9-7-5-4-6-8-15(21)13-20/h5,7,16-20H,2-4,6,8-14H2,1H3/b7-5-/t16-,17+,18-,19+/m1/s1. The van der Waals surface area contributed by atoms with E-state index in [-0.39, 0.29) is 12.4 Å². The quantitative estimate of drug-likeness (QED) is 0.442. The Bertz CT molecular complexity index is 380.